The molecule has 0 radical (unpaired) electrons. The van der Waals surface area contributed by atoms with Gasteiger partial charge in [0, 0.05) is 16.5 Å². The Labute approximate surface area is 125 Å². The molecule has 0 spiro atoms. The summed E-state index contributed by atoms with van der Waals surface area (Å²) < 4.78 is 0. The van der Waals surface area contributed by atoms with Crippen LogP contribution < -0.4 is 0 Å². The van der Waals surface area contributed by atoms with Gasteiger partial charge in [-0.15, -0.1) is 0 Å². The van der Waals surface area contributed by atoms with Gasteiger partial charge >= 0.3 is 0 Å². The summed E-state index contributed by atoms with van der Waals surface area (Å²) in [6.45, 7) is 18.3. The molecule has 1 unspecified atom stereocenters. The molecular weight excluding hydrogens is 244 g/mol. The summed E-state index contributed by atoms with van der Waals surface area (Å²) in [5.74, 6) is 1.69. The third kappa shape index (κ3) is 3.45. The van der Waals surface area contributed by atoms with Crippen LogP contribution in [0.1, 0.15) is 104 Å². The average Bonchev–Trinajstić information content (AvgIpc) is 2.84. The molecule has 1 heterocycles. The van der Waals surface area contributed by atoms with Crippen molar-refractivity contribution in [3.8, 4) is 0 Å². The molecule has 1 rings (SSSR count). The van der Waals surface area contributed by atoms with Crippen molar-refractivity contribution in [2.24, 2.45) is 0 Å². The van der Waals surface area contributed by atoms with Gasteiger partial charge in [-0.2, -0.15) is 0 Å². The van der Waals surface area contributed by atoms with Gasteiger partial charge in [0.15, 0.2) is 0 Å². The molecule has 0 saturated carbocycles. The molecule has 0 bridgehead atoms. The fourth-order valence-electron chi connectivity index (χ4n) is 2.69. The van der Waals surface area contributed by atoms with E-state index in [4.69, 9.17) is 4.98 Å². The van der Waals surface area contributed by atoms with Crippen LogP contribution in [0.5, 0.6) is 0 Å². The van der Waals surface area contributed by atoms with Crippen LogP contribution >= 0.6 is 0 Å². The first-order chi connectivity index (χ1) is 9.19. The largest absolute Gasteiger partial charge is 0.345 e. The van der Waals surface area contributed by atoms with Gasteiger partial charge in [0.2, 0.25) is 0 Å². The molecule has 1 N–H and O–H groups in total. The van der Waals surface area contributed by atoms with Gasteiger partial charge in [-0.1, -0.05) is 61.8 Å². The molecule has 0 saturated heterocycles. The van der Waals surface area contributed by atoms with E-state index >= 15 is 0 Å². The van der Waals surface area contributed by atoms with Crippen molar-refractivity contribution in [3.05, 3.63) is 17.2 Å². The van der Waals surface area contributed by atoms with Gasteiger partial charge in [0.05, 0.1) is 5.69 Å². The summed E-state index contributed by atoms with van der Waals surface area (Å²) in [5, 5.41) is 0. The highest BCUT2D eigenvalue weighted by molar-refractivity contribution is 5.28. The normalized spacial score (nSPS) is 14.6. The first kappa shape index (κ1) is 17.3. The molecule has 2 nitrogen and oxygen atoms in total. The second-order valence-corrected chi connectivity index (χ2v) is 7.53. The third-order valence-corrected chi connectivity index (χ3v) is 4.89. The van der Waals surface area contributed by atoms with Crippen LogP contribution in [0.15, 0.2) is 0 Å². The van der Waals surface area contributed by atoms with Gasteiger partial charge in [0.1, 0.15) is 5.82 Å². The minimum absolute atomic E-state index is 0.128. The lowest BCUT2D eigenvalue weighted by Gasteiger charge is -2.25. The summed E-state index contributed by atoms with van der Waals surface area (Å²) in [4.78, 5) is 8.72. The topological polar surface area (TPSA) is 28.7 Å². The third-order valence-electron chi connectivity index (χ3n) is 4.89. The summed E-state index contributed by atoms with van der Waals surface area (Å²) in [5.41, 5.74) is 2.97. The fourth-order valence-corrected chi connectivity index (χ4v) is 2.69. The van der Waals surface area contributed by atoms with Crippen LogP contribution in [0.25, 0.3) is 0 Å². The fraction of sp³-hybridized carbons (Fsp3) is 0.833. The molecule has 1 aromatic heterocycles. The first-order valence-electron chi connectivity index (χ1n) is 8.30. The zero-order valence-corrected chi connectivity index (χ0v) is 14.9. The Hall–Kier alpha value is -0.790. The van der Waals surface area contributed by atoms with Crippen LogP contribution in [0.2, 0.25) is 0 Å². The maximum atomic E-state index is 5.02. The molecule has 20 heavy (non-hydrogen) atoms. The summed E-state index contributed by atoms with van der Waals surface area (Å²) in [7, 11) is 0. The summed E-state index contributed by atoms with van der Waals surface area (Å²) in [6, 6.07) is 0. The van der Waals surface area contributed by atoms with Gasteiger partial charge in [0.25, 0.3) is 0 Å². The minimum Gasteiger partial charge on any atom is -0.345 e. The Morgan fingerprint density at radius 2 is 1.65 bits per heavy atom. The Bertz CT molecular complexity index is 427. The minimum atomic E-state index is 0.128. The number of hydrogen-bond acceptors (Lipinski definition) is 1. The molecule has 0 amide bonds. The summed E-state index contributed by atoms with van der Waals surface area (Å²) >= 11 is 0. The van der Waals surface area contributed by atoms with Gasteiger partial charge in [-0.3, -0.25) is 0 Å². The van der Waals surface area contributed by atoms with Crippen molar-refractivity contribution in [1.82, 2.24) is 9.97 Å². The molecule has 116 valence electrons. The monoisotopic (exact) mass is 278 g/mol. The van der Waals surface area contributed by atoms with Crippen molar-refractivity contribution in [3.63, 3.8) is 0 Å². The van der Waals surface area contributed by atoms with Gasteiger partial charge < -0.3 is 4.98 Å². The number of hydrogen-bond donors (Lipinski definition) is 1. The van der Waals surface area contributed by atoms with Gasteiger partial charge in [-0.25, -0.2) is 4.98 Å². The van der Waals surface area contributed by atoms with Crippen molar-refractivity contribution in [2.75, 3.05) is 0 Å². The zero-order valence-electron chi connectivity index (χ0n) is 14.9. The van der Waals surface area contributed by atoms with E-state index in [1.807, 2.05) is 0 Å². The Balaban J connectivity index is 3.34. The van der Waals surface area contributed by atoms with Crippen LogP contribution in [0.4, 0.5) is 0 Å². The number of nitrogens with zero attached hydrogens (tertiary/aromatic N) is 1. The number of imidazole rings is 1. The van der Waals surface area contributed by atoms with E-state index in [2.05, 4.69) is 60.4 Å². The maximum absolute atomic E-state index is 5.02. The maximum Gasteiger partial charge on any atom is 0.112 e. The number of H-pyrrole nitrogens is 1. The standard InChI is InChI=1S/C18H34N2/c1-9-12-18(7,8)15-14(13(4)10-2)19-16(20-15)17(5,6)11-3/h13H,9-12H2,1-8H3,(H,19,20). The quantitative estimate of drug-likeness (QED) is 0.682. The number of nitrogens with one attached hydrogen (secondary N) is 1. The van der Waals surface area contributed by atoms with Crippen LogP contribution in [0, 0.1) is 0 Å². The van der Waals surface area contributed by atoms with Crippen molar-refractivity contribution < 1.29 is 0 Å². The number of rotatable bonds is 7. The molecule has 1 aromatic rings. The van der Waals surface area contributed by atoms with E-state index in [0.717, 1.165) is 18.7 Å². The molecule has 0 aliphatic rings. The number of aromatic nitrogens is 2. The Kier molecular flexibility index (Phi) is 5.46. The lowest BCUT2D eigenvalue weighted by Crippen LogP contribution is -2.21. The molecule has 0 aliphatic carbocycles. The van der Waals surface area contributed by atoms with Crippen molar-refractivity contribution in [1.29, 1.82) is 0 Å². The highest BCUT2D eigenvalue weighted by Gasteiger charge is 2.31. The predicted molar refractivity (Wildman–Crippen MR) is 88.5 cm³/mol. The van der Waals surface area contributed by atoms with Gasteiger partial charge in [-0.05, 0) is 25.2 Å². The van der Waals surface area contributed by atoms with Crippen molar-refractivity contribution in [2.45, 2.75) is 97.8 Å². The predicted octanol–water partition coefficient (Wildman–Crippen LogP) is 5.69. The highest BCUT2D eigenvalue weighted by atomic mass is 15.0. The van der Waals surface area contributed by atoms with E-state index in [1.54, 1.807) is 0 Å². The molecule has 0 fully saturated rings. The lowest BCUT2D eigenvalue weighted by atomic mass is 9.81. The molecular formula is C18H34N2. The van der Waals surface area contributed by atoms with Crippen LogP contribution in [-0.4, -0.2) is 9.97 Å². The molecule has 2 heteroatoms. The molecule has 0 aliphatic heterocycles. The molecule has 1 atom stereocenters. The van der Waals surface area contributed by atoms with Crippen LogP contribution in [0.3, 0.4) is 0 Å². The highest BCUT2D eigenvalue weighted by Crippen LogP contribution is 2.36. The van der Waals surface area contributed by atoms with E-state index in [0.29, 0.717) is 5.92 Å². The van der Waals surface area contributed by atoms with E-state index < -0.39 is 0 Å². The first-order valence-corrected chi connectivity index (χ1v) is 8.30. The lowest BCUT2D eigenvalue weighted by molar-refractivity contribution is 0.445. The van der Waals surface area contributed by atoms with E-state index in [-0.39, 0.29) is 10.8 Å². The van der Waals surface area contributed by atoms with Crippen LogP contribution in [-0.2, 0) is 10.8 Å². The second kappa shape index (κ2) is 6.32. The number of aromatic amines is 1. The summed E-state index contributed by atoms with van der Waals surface area (Å²) in [6.07, 6.45) is 4.66. The average molecular weight is 278 g/mol. The van der Waals surface area contributed by atoms with E-state index in [1.165, 1.54) is 24.2 Å². The Morgan fingerprint density at radius 3 is 2.10 bits per heavy atom. The Morgan fingerprint density at radius 1 is 1.05 bits per heavy atom. The van der Waals surface area contributed by atoms with E-state index in [9.17, 15) is 0 Å². The van der Waals surface area contributed by atoms with Crippen molar-refractivity contribution >= 4 is 0 Å². The smallest absolute Gasteiger partial charge is 0.112 e. The second-order valence-electron chi connectivity index (χ2n) is 7.53. The zero-order chi connectivity index (χ0) is 15.6. The SMILES string of the molecule is CCCC(C)(C)c1[nH]c(C(C)(C)CC)nc1C(C)CC. The molecule has 0 aromatic carbocycles.